The number of aromatic nitrogens is 1. The monoisotopic (exact) mass is 544 g/mol. The molecule has 4 N–H and O–H groups in total. The van der Waals surface area contributed by atoms with Gasteiger partial charge in [-0.05, 0) is 56.7 Å². The van der Waals surface area contributed by atoms with Crippen LogP contribution < -0.4 is 11.1 Å². The van der Waals surface area contributed by atoms with Crippen LogP contribution in [0.5, 0.6) is 0 Å². The summed E-state index contributed by atoms with van der Waals surface area (Å²) in [5, 5.41) is 3.96. The van der Waals surface area contributed by atoms with Gasteiger partial charge in [0.25, 0.3) is 0 Å². The first-order chi connectivity index (χ1) is 18.9. The molecule has 40 heavy (non-hydrogen) atoms. The molecule has 0 aliphatic carbocycles. The first-order valence-electron chi connectivity index (χ1n) is 14.4. The van der Waals surface area contributed by atoms with E-state index in [2.05, 4.69) is 22.4 Å². The number of carbonyl (C=O) groups excluding carboxylic acids is 3. The Balaban J connectivity index is 1.67. The smallest absolute Gasteiger partial charge is 0.245 e. The lowest BCUT2D eigenvalue weighted by atomic mass is 9.64. The van der Waals surface area contributed by atoms with Crippen molar-refractivity contribution in [2.24, 2.45) is 16.6 Å². The van der Waals surface area contributed by atoms with Crippen LogP contribution in [0.4, 0.5) is 0 Å². The van der Waals surface area contributed by atoms with Crippen molar-refractivity contribution in [3.8, 4) is 0 Å². The van der Waals surface area contributed by atoms with Crippen molar-refractivity contribution in [2.75, 3.05) is 13.1 Å². The molecular formula is C33H44N4O3. The first-order valence-corrected chi connectivity index (χ1v) is 14.4. The van der Waals surface area contributed by atoms with Crippen LogP contribution in [-0.2, 0) is 27.2 Å². The fourth-order valence-electron chi connectivity index (χ4n) is 5.88. The van der Waals surface area contributed by atoms with E-state index in [0.717, 1.165) is 41.3 Å². The van der Waals surface area contributed by atoms with Gasteiger partial charge >= 0.3 is 0 Å². The van der Waals surface area contributed by atoms with Crippen molar-refractivity contribution in [1.29, 1.82) is 0 Å². The quantitative estimate of drug-likeness (QED) is 0.341. The molecule has 0 bridgehead atoms. The van der Waals surface area contributed by atoms with E-state index in [0.29, 0.717) is 25.9 Å². The van der Waals surface area contributed by atoms with E-state index in [9.17, 15) is 14.4 Å². The predicted molar refractivity (Wildman–Crippen MR) is 160 cm³/mol. The number of ketones is 1. The van der Waals surface area contributed by atoms with Gasteiger partial charge in [-0.3, -0.25) is 14.4 Å². The van der Waals surface area contributed by atoms with Gasteiger partial charge in [-0.15, -0.1) is 0 Å². The molecule has 1 aliphatic rings. The highest BCUT2D eigenvalue weighted by Crippen LogP contribution is 2.42. The Hall–Kier alpha value is -3.45. The van der Waals surface area contributed by atoms with Crippen molar-refractivity contribution in [3.05, 3.63) is 71.9 Å². The molecule has 2 heterocycles. The topological polar surface area (TPSA) is 108 Å². The van der Waals surface area contributed by atoms with Gasteiger partial charge in [-0.25, -0.2) is 0 Å². The number of amides is 2. The third kappa shape index (κ3) is 6.30. The van der Waals surface area contributed by atoms with E-state index in [-0.39, 0.29) is 17.6 Å². The molecule has 0 spiro atoms. The molecule has 0 saturated carbocycles. The molecule has 4 rings (SSSR count). The molecule has 0 radical (unpaired) electrons. The number of benzene rings is 2. The molecule has 214 valence electrons. The van der Waals surface area contributed by atoms with E-state index < -0.39 is 22.4 Å². The zero-order chi connectivity index (χ0) is 29.1. The number of rotatable bonds is 10. The number of Topliss-reactive ketones (excluding diaryl/α,β-unsaturated/α-hetero) is 1. The van der Waals surface area contributed by atoms with Gasteiger partial charge in [-0.1, -0.05) is 69.3 Å². The molecule has 2 atom stereocenters. The van der Waals surface area contributed by atoms with Crippen molar-refractivity contribution < 1.29 is 14.4 Å². The molecule has 2 aromatic carbocycles. The van der Waals surface area contributed by atoms with Crippen molar-refractivity contribution in [1.82, 2.24) is 15.2 Å². The Morgan fingerprint density at radius 2 is 1.73 bits per heavy atom. The largest absolute Gasteiger partial charge is 0.361 e. The summed E-state index contributed by atoms with van der Waals surface area (Å²) in [6.45, 7) is 10.2. The number of para-hydroxylation sites is 1. The summed E-state index contributed by atoms with van der Waals surface area (Å²) < 4.78 is 0. The number of nitrogens with zero attached hydrogens (tertiary/aromatic N) is 1. The summed E-state index contributed by atoms with van der Waals surface area (Å²) in [5.41, 5.74) is 6.77. The van der Waals surface area contributed by atoms with E-state index >= 15 is 0 Å². The van der Waals surface area contributed by atoms with Crippen LogP contribution in [0.3, 0.4) is 0 Å². The zero-order valence-corrected chi connectivity index (χ0v) is 24.5. The van der Waals surface area contributed by atoms with Gasteiger partial charge < -0.3 is 20.9 Å². The van der Waals surface area contributed by atoms with E-state index in [1.165, 1.54) is 0 Å². The minimum absolute atomic E-state index is 0.179. The van der Waals surface area contributed by atoms with Gasteiger partial charge in [0.1, 0.15) is 11.8 Å². The summed E-state index contributed by atoms with van der Waals surface area (Å²) >= 11 is 0. The van der Waals surface area contributed by atoms with Gasteiger partial charge in [0.15, 0.2) is 0 Å². The Labute approximate surface area is 237 Å². The van der Waals surface area contributed by atoms with Crippen LogP contribution in [0.15, 0.2) is 60.8 Å². The number of piperidine rings is 1. The second-order valence-corrected chi connectivity index (χ2v) is 12.7. The maximum Gasteiger partial charge on any atom is 0.245 e. The average Bonchev–Trinajstić information content (AvgIpc) is 3.34. The first kappa shape index (κ1) is 29.5. The van der Waals surface area contributed by atoms with Crippen LogP contribution in [0.2, 0.25) is 0 Å². The molecule has 1 aromatic heterocycles. The molecule has 0 unspecified atom stereocenters. The molecule has 1 saturated heterocycles. The highest BCUT2D eigenvalue weighted by Gasteiger charge is 2.48. The third-order valence-electron chi connectivity index (χ3n) is 8.54. The summed E-state index contributed by atoms with van der Waals surface area (Å²) in [6.07, 6.45) is 4.97. The minimum Gasteiger partial charge on any atom is -0.361 e. The lowest BCUT2D eigenvalue weighted by Crippen LogP contribution is -2.60. The number of nitrogens with one attached hydrogen (secondary N) is 2. The van der Waals surface area contributed by atoms with Crippen LogP contribution in [0.25, 0.3) is 10.9 Å². The van der Waals surface area contributed by atoms with Gasteiger partial charge in [0.05, 0.1) is 11.0 Å². The molecule has 1 aliphatic heterocycles. The highest BCUT2D eigenvalue weighted by molar-refractivity contribution is 5.94. The molecular weight excluding hydrogens is 500 g/mol. The number of aromatic amines is 1. The van der Waals surface area contributed by atoms with Gasteiger partial charge in [0.2, 0.25) is 11.8 Å². The van der Waals surface area contributed by atoms with E-state index in [1.54, 1.807) is 18.7 Å². The number of fused-ring (bicyclic) bond motifs is 1. The molecule has 7 heteroatoms. The SMILES string of the molecule is CCC(C)(C)C(=O)[C@@]1(Cc2ccccc2)CCCN(C(=O)[C@@H](Cc2c[nH]c3ccccc23)NC(=O)C(C)(C)N)C1. The number of nitrogens with two attached hydrogens (primary N) is 1. The van der Waals surface area contributed by atoms with Gasteiger partial charge in [0, 0.05) is 42.0 Å². The van der Waals surface area contributed by atoms with Crippen molar-refractivity contribution in [2.45, 2.75) is 78.3 Å². The number of H-pyrrole nitrogens is 1. The van der Waals surface area contributed by atoms with Crippen LogP contribution in [0, 0.1) is 10.8 Å². The summed E-state index contributed by atoms with van der Waals surface area (Å²) in [4.78, 5) is 46.6. The Morgan fingerprint density at radius 1 is 1.05 bits per heavy atom. The summed E-state index contributed by atoms with van der Waals surface area (Å²) in [7, 11) is 0. The maximum absolute atomic E-state index is 14.3. The van der Waals surface area contributed by atoms with E-state index in [1.807, 2.05) is 69.4 Å². The van der Waals surface area contributed by atoms with E-state index in [4.69, 9.17) is 5.73 Å². The predicted octanol–water partition coefficient (Wildman–Crippen LogP) is 4.79. The van der Waals surface area contributed by atoms with Crippen molar-refractivity contribution >= 4 is 28.5 Å². The average molecular weight is 545 g/mol. The number of hydrogen-bond donors (Lipinski definition) is 3. The summed E-state index contributed by atoms with van der Waals surface area (Å²) in [5.74, 6) is -0.368. The standard InChI is InChI=1S/C33H44N4O3/c1-6-31(2,3)29(39)33(20-23-13-8-7-9-14-23)17-12-18-37(22-33)28(38)27(36-30(40)32(4,5)34)19-24-21-35-26-16-11-10-15-25(24)26/h7-11,13-16,21,27,35H,6,12,17-20,22,34H2,1-5H3,(H,36,40)/t27-,33-/m1/s1. The maximum atomic E-state index is 14.3. The lowest BCUT2D eigenvalue weighted by molar-refractivity contribution is -0.148. The number of likely N-dealkylation sites (tertiary alicyclic amines) is 1. The Morgan fingerprint density at radius 3 is 2.40 bits per heavy atom. The molecule has 3 aromatic rings. The molecule has 7 nitrogen and oxygen atoms in total. The Kier molecular flexibility index (Phi) is 8.55. The second-order valence-electron chi connectivity index (χ2n) is 12.7. The normalized spacial score (nSPS) is 18.9. The summed E-state index contributed by atoms with van der Waals surface area (Å²) in [6, 6.07) is 17.2. The zero-order valence-electron chi connectivity index (χ0n) is 24.5. The van der Waals surface area contributed by atoms with Gasteiger partial charge in [-0.2, -0.15) is 0 Å². The fraction of sp³-hybridized carbons (Fsp3) is 0.485. The third-order valence-corrected chi connectivity index (χ3v) is 8.54. The van der Waals surface area contributed by atoms with Crippen LogP contribution in [-0.4, -0.2) is 52.2 Å². The molecule has 2 amide bonds. The molecule has 1 fully saturated rings. The van der Waals surface area contributed by atoms with Crippen molar-refractivity contribution in [3.63, 3.8) is 0 Å². The second kappa shape index (κ2) is 11.6. The number of carbonyl (C=O) groups is 3. The Bertz CT molecular complexity index is 1350. The lowest BCUT2D eigenvalue weighted by Gasteiger charge is -2.46. The highest BCUT2D eigenvalue weighted by atomic mass is 16.2. The minimum atomic E-state index is -1.14. The fourth-order valence-corrected chi connectivity index (χ4v) is 5.88. The van der Waals surface area contributed by atoms with Crippen LogP contribution in [0.1, 0.15) is 65.0 Å². The number of hydrogen-bond acceptors (Lipinski definition) is 4. The van der Waals surface area contributed by atoms with Crippen LogP contribution >= 0.6 is 0 Å².